The Labute approximate surface area is 90.4 Å². The third-order valence-corrected chi connectivity index (χ3v) is 2.04. The predicted octanol–water partition coefficient (Wildman–Crippen LogP) is -2.73. The Morgan fingerprint density at radius 2 is 2.12 bits per heavy atom. The Bertz CT molecular complexity index is 354. The molecule has 88 valence electrons. The summed E-state index contributed by atoms with van der Waals surface area (Å²) in [6, 6.07) is -1.31. The minimum absolute atomic E-state index is 0.0106. The van der Waals surface area contributed by atoms with E-state index in [-0.39, 0.29) is 13.1 Å². The highest BCUT2D eigenvalue weighted by atomic mass is 16.4. The Hall–Kier alpha value is -1.96. The van der Waals surface area contributed by atoms with E-state index in [2.05, 4.69) is 5.32 Å². The molecular formula is C8H11N3O5. The second-order valence-electron chi connectivity index (χ2n) is 3.26. The third kappa shape index (κ3) is 2.54. The van der Waals surface area contributed by atoms with Gasteiger partial charge in [-0.1, -0.05) is 0 Å². The molecule has 1 atom stereocenters. The van der Waals surface area contributed by atoms with Crippen molar-refractivity contribution in [2.45, 2.75) is 12.5 Å². The number of nitrogens with two attached hydrogens (primary N) is 1. The van der Waals surface area contributed by atoms with Crippen LogP contribution >= 0.6 is 0 Å². The van der Waals surface area contributed by atoms with Gasteiger partial charge in [-0.2, -0.15) is 0 Å². The van der Waals surface area contributed by atoms with Gasteiger partial charge in [-0.15, -0.1) is 0 Å². The highest BCUT2D eigenvalue weighted by Crippen LogP contribution is 2.01. The fourth-order valence-corrected chi connectivity index (χ4v) is 1.27. The van der Waals surface area contributed by atoms with E-state index >= 15 is 0 Å². The van der Waals surface area contributed by atoms with Crippen molar-refractivity contribution in [3.63, 3.8) is 0 Å². The Morgan fingerprint density at radius 1 is 1.50 bits per heavy atom. The number of hydrogen-bond acceptors (Lipinski definition) is 5. The van der Waals surface area contributed by atoms with Gasteiger partial charge in [0, 0.05) is 13.1 Å². The average Bonchev–Trinajstić information content (AvgIpc) is 2.20. The fourth-order valence-electron chi connectivity index (χ4n) is 1.27. The maximum absolute atomic E-state index is 11.5. The molecule has 0 aromatic carbocycles. The Kier molecular flexibility index (Phi) is 3.56. The van der Waals surface area contributed by atoms with E-state index in [4.69, 9.17) is 10.8 Å². The van der Waals surface area contributed by atoms with E-state index in [1.807, 2.05) is 0 Å². The van der Waals surface area contributed by atoms with Crippen molar-refractivity contribution >= 4 is 23.7 Å². The van der Waals surface area contributed by atoms with Gasteiger partial charge in [-0.25, -0.2) is 0 Å². The summed E-state index contributed by atoms with van der Waals surface area (Å²) < 4.78 is 0. The van der Waals surface area contributed by atoms with Gasteiger partial charge >= 0.3 is 17.8 Å². The minimum atomic E-state index is -1.31. The van der Waals surface area contributed by atoms with Gasteiger partial charge in [-0.05, 0) is 0 Å². The van der Waals surface area contributed by atoms with Crippen LogP contribution in [0.25, 0.3) is 0 Å². The molecule has 0 aromatic rings. The first-order valence-corrected chi connectivity index (χ1v) is 4.54. The summed E-state index contributed by atoms with van der Waals surface area (Å²) in [5.74, 6) is -3.98. The molecule has 16 heavy (non-hydrogen) atoms. The van der Waals surface area contributed by atoms with Crippen molar-refractivity contribution in [3.05, 3.63) is 0 Å². The summed E-state index contributed by atoms with van der Waals surface area (Å²) in [5.41, 5.74) is 5.30. The number of piperazine rings is 1. The number of carboxylic acid groups (broad SMARTS) is 1. The van der Waals surface area contributed by atoms with Crippen LogP contribution in [0.2, 0.25) is 0 Å². The smallest absolute Gasteiger partial charge is 0.318 e. The van der Waals surface area contributed by atoms with Crippen LogP contribution in [-0.4, -0.2) is 52.8 Å². The number of nitrogens with one attached hydrogen (secondary N) is 1. The fraction of sp³-hybridized carbons (Fsp3) is 0.500. The molecule has 1 rings (SSSR count). The predicted molar refractivity (Wildman–Crippen MR) is 50.0 cm³/mol. The molecule has 0 aliphatic carbocycles. The van der Waals surface area contributed by atoms with Crippen LogP contribution < -0.4 is 11.1 Å². The zero-order valence-corrected chi connectivity index (χ0v) is 8.30. The number of carbonyl (C=O) groups excluding carboxylic acids is 3. The molecule has 0 unspecified atom stereocenters. The largest absolute Gasteiger partial charge is 0.481 e. The summed E-state index contributed by atoms with van der Waals surface area (Å²) >= 11 is 0. The number of imide groups is 1. The summed E-state index contributed by atoms with van der Waals surface area (Å²) in [5, 5.41) is 10.7. The molecule has 8 heteroatoms. The van der Waals surface area contributed by atoms with Crippen molar-refractivity contribution in [1.82, 2.24) is 10.2 Å². The van der Waals surface area contributed by atoms with E-state index in [1.165, 1.54) is 0 Å². The van der Waals surface area contributed by atoms with Crippen LogP contribution in [0.15, 0.2) is 0 Å². The monoisotopic (exact) mass is 229 g/mol. The van der Waals surface area contributed by atoms with Crippen molar-refractivity contribution < 1.29 is 24.3 Å². The second kappa shape index (κ2) is 4.71. The molecule has 8 nitrogen and oxygen atoms in total. The molecule has 1 aliphatic rings. The molecule has 0 saturated carbocycles. The van der Waals surface area contributed by atoms with Crippen LogP contribution in [0.1, 0.15) is 6.42 Å². The van der Waals surface area contributed by atoms with E-state index in [9.17, 15) is 19.2 Å². The average molecular weight is 229 g/mol. The van der Waals surface area contributed by atoms with Crippen molar-refractivity contribution in [1.29, 1.82) is 0 Å². The lowest BCUT2D eigenvalue weighted by molar-refractivity contribution is -0.156. The molecule has 3 amide bonds. The van der Waals surface area contributed by atoms with Crippen LogP contribution in [0.3, 0.4) is 0 Å². The topological polar surface area (TPSA) is 130 Å². The van der Waals surface area contributed by atoms with Crippen LogP contribution in [0.4, 0.5) is 0 Å². The number of nitrogens with zero attached hydrogens (tertiary/aromatic N) is 1. The molecule has 1 heterocycles. The highest BCUT2D eigenvalue weighted by Gasteiger charge is 2.34. The highest BCUT2D eigenvalue weighted by molar-refractivity contribution is 6.38. The molecule has 0 radical (unpaired) electrons. The summed E-state index contributed by atoms with van der Waals surface area (Å²) in [4.78, 5) is 44.7. The van der Waals surface area contributed by atoms with Gasteiger partial charge in [0.15, 0.2) is 0 Å². The Balaban J connectivity index is 2.69. The molecule has 1 aliphatic heterocycles. The third-order valence-electron chi connectivity index (χ3n) is 2.04. The van der Waals surface area contributed by atoms with Gasteiger partial charge in [-0.3, -0.25) is 24.1 Å². The number of amides is 3. The normalized spacial score (nSPS) is 17.9. The van der Waals surface area contributed by atoms with Gasteiger partial charge in [0.25, 0.3) is 0 Å². The first-order valence-electron chi connectivity index (χ1n) is 4.54. The SMILES string of the molecule is N[C@@H](CC(=O)O)C(=O)N1CCNC(=O)C1=O. The number of hydrogen-bond donors (Lipinski definition) is 3. The lowest BCUT2D eigenvalue weighted by Gasteiger charge is -2.26. The van der Waals surface area contributed by atoms with Gasteiger partial charge in [0.05, 0.1) is 12.5 Å². The summed E-state index contributed by atoms with van der Waals surface area (Å²) in [7, 11) is 0. The first kappa shape index (κ1) is 12.1. The maximum Gasteiger partial charge on any atom is 0.318 e. The number of aliphatic carboxylic acids is 1. The van der Waals surface area contributed by atoms with Crippen LogP contribution in [-0.2, 0) is 19.2 Å². The van der Waals surface area contributed by atoms with Crippen molar-refractivity contribution in [2.24, 2.45) is 5.73 Å². The van der Waals surface area contributed by atoms with E-state index in [1.54, 1.807) is 0 Å². The zero-order chi connectivity index (χ0) is 12.3. The number of carbonyl (C=O) groups is 4. The molecule has 1 saturated heterocycles. The van der Waals surface area contributed by atoms with Crippen LogP contribution in [0.5, 0.6) is 0 Å². The maximum atomic E-state index is 11.5. The quantitative estimate of drug-likeness (QED) is 0.450. The Morgan fingerprint density at radius 3 is 2.69 bits per heavy atom. The molecular weight excluding hydrogens is 218 g/mol. The van der Waals surface area contributed by atoms with Crippen molar-refractivity contribution in [2.75, 3.05) is 13.1 Å². The van der Waals surface area contributed by atoms with Gasteiger partial charge in [0.1, 0.15) is 0 Å². The second-order valence-corrected chi connectivity index (χ2v) is 3.26. The van der Waals surface area contributed by atoms with E-state index in [0.29, 0.717) is 4.90 Å². The molecule has 1 fully saturated rings. The summed E-state index contributed by atoms with van der Waals surface area (Å²) in [6.45, 7) is 0.160. The van der Waals surface area contributed by atoms with Gasteiger partial charge < -0.3 is 16.2 Å². The van der Waals surface area contributed by atoms with E-state index in [0.717, 1.165) is 0 Å². The molecule has 0 aromatic heterocycles. The van der Waals surface area contributed by atoms with Crippen LogP contribution in [0, 0.1) is 0 Å². The minimum Gasteiger partial charge on any atom is -0.481 e. The first-order chi connectivity index (χ1) is 7.43. The summed E-state index contributed by atoms with van der Waals surface area (Å²) in [6.07, 6.45) is -0.579. The van der Waals surface area contributed by atoms with E-state index < -0.39 is 36.2 Å². The van der Waals surface area contributed by atoms with Crippen molar-refractivity contribution in [3.8, 4) is 0 Å². The lowest BCUT2D eigenvalue weighted by Crippen LogP contribution is -2.58. The molecule has 0 bridgehead atoms. The molecule has 4 N–H and O–H groups in total. The lowest BCUT2D eigenvalue weighted by atomic mass is 10.2. The number of rotatable bonds is 3. The zero-order valence-electron chi connectivity index (χ0n) is 8.30. The molecule has 0 spiro atoms. The number of carboxylic acids is 1. The van der Waals surface area contributed by atoms with Gasteiger partial charge in [0.2, 0.25) is 5.91 Å². The standard InChI is InChI=1S/C8H11N3O5/c9-4(3-5(12)13)7(15)11-2-1-10-6(14)8(11)16/h4H,1-3,9H2,(H,10,14)(H,12,13)/t4-/m0/s1.